The summed E-state index contributed by atoms with van der Waals surface area (Å²) in [6.45, 7) is 2.96. The third kappa shape index (κ3) is 3.15. The molecule has 0 spiro atoms. The minimum Gasteiger partial charge on any atom is -0.399 e. The van der Waals surface area contributed by atoms with Crippen LogP contribution >= 0.6 is 15.9 Å². The molecule has 20 heavy (non-hydrogen) atoms. The highest BCUT2D eigenvalue weighted by Crippen LogP contribution is 2.30. The number of anilines is 1. The van der Waals surface area contributed by atoms with Crippen LogP contribution in [0.25, 0.3) is 0 Å². The molecule has 1 atom stereocenters. The van der Waals surface area contributed by atoms with Crippen molar-refractivity contribution >= 4 is 31.6 Å². The van der Waals surface area contributed by atoms with Gasteiger partial charge in [0.25, 0.3) is 0 Å². The van der Waals surface area contributed by atoms with Crippen LogP contribution in [0.15, 0.2) is 21.5 Å². The summed E-state index contributed by atoms with van der Waals surface area (Å²) in [5.41, 5.74) is 5.85. The lowest BCUT2D eigenvalue weighted by molar-refractivity contribution is 0.413. The number of benzene rings is 1. The Morgan fingerprint density at radius 2 is 2.05 bits per heavy atom. The van der Waals surface area contributed by atoms with Gasteiger partial charge in [0, 0.05) is 18.8 Å². The Labute approximate surface area is 127 Å². The number of sulfonamides is 1. The molecule has 1 saturated heterocycles. The average Bonchev–Trinajstić information content (AvgIpc) is 2.58. The fourth-order valence-electron chi connectivity index (χ4n) is 2.39. The van der Waals surface area contributed by atoms with E-state index in [9.17, 15) is 12.8 Å². The second-order valence-electron chi connectivity index (χ2n) is 5.26. The molecule has 0 saturated carbocycles. The SMILES string of the molecule is CC1CCCN(S(=O)(=O)c2cc(N)cc(Br)c2F)CC1. The van der Waals surface area contributed by atoms with Gasteiger partial charge in [-0.1, -0.05) is 6.92 Å². The zero-order valence-electron chi connectivity index (χ0n) is 11.3. The number of nitrogens with zero attached hydrogens (tertiary/aromatic N) is 1. The van der Waals surface area contributed by atoms with E-state index >= 15 is 0 Å². The van der Waals surface area contributed by atoms with Crippen molar-refractivity contribution in [1.29, 1.82) is 0 Å². The number of hydrogen-bond donors (Lipinski definition) is 1. The summed E-state index contributed by atoms with van der Waals surface area (Å²) < 4.78 is 40.7. The van der Waals surface area contributed by atoms with Gasteiger partial charge < -0.3 is 5.73 Å². The van der Waals surface area contributed by atoms with Gasteiger partial charge in [0.15, 0.2) is 5.82 Å². The molecule has 0 aliphatic carbocycles. The molecular weight excluding hydrogens is 347 g/mol. The van der Waals surface area contributed by atoms with E-state index in [-0.39, 0.29) is 15.1 Å². The Bertz CT molecular complexity index is 607. The van der Waals surface area contributed by atoms with E-state index in [2.05, 4.69) is 22.9 Å². The van der Waals surface area contributed by atoms with Crippen molar-refractivity contribution in [3.05, 3.63) is 22.4 Å². The first-order valence-electron chi connectivity index (χ1n) is 6.57. The van der Waals surface area contributed by atoms with Crippen LogP contribution < -0.4 is 5.73 Å². The molecule has 1 aromatic rings. The maximum absolute atomic E-state index is 14.1. The van der Waals surface area contributed by atoms with Gasteiger partial charge in [0.05, 0.1) is 4.47 Å². The summed E-state index contributed by atoms with van der Waals surface area (Å²) in [6, 6.07) is 2.54. The summed E-state index contributed by atoms with van der Waals surface area (Å²) in [4.78, 5) is -0.348. The molecule has 1 unspecified atom stereocenters. The van der Waals surface area contributed by atoms with E-state index < -0.39 is 15.8 Å². The third-order valence-electron chi connectivity index (χ3n) is 3.61. The standard InChI is InChI=1S/C13H18BrFN2O2S/c1-9-3-2-5-17(6-4-9)20(18,19)12-8-10(16)7-11(14)13(12)15/h7-9H,2-6,16H2,1H3. The van der Waals surface area contributed by atoms with Crippen molar-refractivity contribution in [1.82, 2.24) is 4.31 Å². The molecule has 1 aliphatic heterocycles. The van der Waals surface area contributed by atoms with E-state index in [1.165, 1.54) is 16.4 Å². The van der Waals surface area contributed by atoms with E-state index in [4.69, 9.17) is 5.73 Å². The largest absolute Gasteiger partial charge is 0.399 e. The molecule has 112 valence electrons. The highest BCUT2D eigenvalue weighted by Gasteiger charge is 2.30. The van der Waals surface area contributed by atoms with Crippen molar-refractivity contribution in [2.45, 2.75) is 31.1 Å². The molecule has 7 heteroatoms. The van der Waals surface area contributed by atoms with Gasteiger partial charge in [-0.25, -0.2) is 12.8 Å². The maximum atomic E-state index is 14.1. The Morgan fingerprint density at radius 3 is 2.75 bits per heavy atom. The Morgan fingerprint density at radius 1 is 1.35 bits per heavy atom. The van der Waals surface area contributed by atoms with Crippen LogP contribution in [0.5, 0.6) is 0 Å². The van der Waals surface area contributed by atoms with Crippen molar-refractivity contribution in [3.8, 4) is 0 Å². The van der Waals surface area contributed by atoms with E-state index in [0.717, 1.165) is 19.3 Å². The monoisotopic (exact) mass is 364 g/mol. The Hall–Kier alpha value is -0.660. The summed E-state index contributed by atoms with van der Waals surface area (Å²) in [6.07, 6.45) is 2.59. The Kier molecular flexibility index (Phi) is 4.71. The van der Waals surface area contributed by atoms with Gasteiger partial charge in [-0.05, 0) is 53.2 Å². The van der Waals surface area contributed by atoms with Gasteiger partial charge in [0.2, 0.25) is 10.0 Å². The first-order valence-corrected chi connectivity index (χ1v) is 8.80. The molecule has 0 amide bonds. The van der Waals surface area contributed by atoms with Gasteiger partial charge in [-0.3, -0.25) is 0 Å². The minimum atomic E-state index is -3.84. The van der Waals surface area contributed by atoms with Crippen molar-refractivity contribution < 1.29 is 12.8 Å². The zero-order valence-corrected chi connectivity index (χ0v) is 13.7. The minimum absolute atomic E-state index is 0.0688. The van der Waals surface area contributed by atoms with E-state index in [1.54, 1.807) is 0 Å². The van der Waals surface area contributed by atoms with Crippen molar-refractivity contribution in [3.63, 3.8) is 0 Å². The molecule has 4 nitrogen and oxygen atoms in total. The van der Waals surface area contributed by atoms with Gasteiger partial charge >= 0.3 is 0 Å². The van der Waals surface area contributed by atoms with E-state index in [1.807, 2.05) is 0 Å². The third-order valence-corrected chi connectivity index (χ3v) is 6.09. The molecular formula is C13H18BrFN2O2S. The lowest BCUT2D eigenvalue weighted by atomic mass is 10.0. The van der Waals surface area contributed by atoms with Gasteiger partial charge in [-0.2, -0.15) is 4.31 Å². The van der Waals surface area contributed by atoms with Gasteiger partial charge in [0.1, 0.15) is 4.90 Å². The highest BCUT2D eigenvalue weighted by atomic mass is 79.9. The van der Waals surface area contributed by atoms with Crippen LogP contribution in [-0.4, -0.2) is 25.8 Å². The molecule has 1 heterocycles. The van der Waals surface area contributed by atoms with Crippen LogP contribution in [0.2, 0.25) is 0 Å². The molecule has 2 N–H and O–H groups in total. The van der Waals surface area contributed by atoms with Crippen LogP contribution in [0.4, 0.5) is 10.1 Å². The number of hydrogen-bond acceptors (Lipinski definition) is 3. The number of rotatable bonds is 2. The zero-order chi connectivity index (χ0) is 14.9. The second kappa shape index (κ2) is 5.99. The Balaban J connectivity index is 2.40. The molecule has 1 aromatic carbocycles. The van der Waals surface area contributed by atoms with Crippen LogP contribution in [-0.2, 0) is 10.0 Å². The van der Waals surface area contributed by atoms with Crippen molar-refractivity contribution in [2.24, 2.45) is 5.92 Å². The van der Waals surface area contributed by atoms with Crippen LogP contribution in [0.1, 0.15) is 26.2 Å². The summed E-state index contributed by atoms with van der Waals surface area (Å²) in [5.74, 6) is -0.288. The predicted molar refractivity (Wildman–Crippen MR) is 80.3 cm³/mol. The first kappa shape index (κ1) is 15.7. The second-order valence-corrected chi connectivity index (χ2v) is 8.02. The lowest BCUT2D eigenvalue weighted by Gasteiger charge is -2.21. The fourth-order valence-corrected chi connectivity index (χ4v) is 4.61. The van der Waals surface area contributed by atoms with E-state index in [0.29, 0.717) is 19.0 Å². The molecule has 0 aromatic heterocycles. The van der Waals surface area contributed by atoms with Crippen LogP contribution in [0, 0.1) is 11.7 Å². The van der Waals surface area contributed by atoms with Gasteiger partial charge in [-0.15, -0.1) is 0 Å². The molecule has 1 fully saturated rings. The normalized spacial score (nSPS) is 21.6. The molecule has 1 aliphatic rings. The summed E-state index contributed by atoms with van der Waals surface area (Å²) in [5, 5.41) is 0. The predicted octanol–water partition coefficient (Wildman–Crippen LogP) is 2.98. The fraction of sp³-hybridized carbons (Fsp3) is 0.538. The average molecular weight is 365 g/mol. The first-order chi connectivity index (χ1) is 9.32. The summed E-state index contributed by atoms with van der Waals surface area (Å²) >= 11 is 3.00. The molecule has 2 rings (SSSR count). The highest BCUT2D eigenvalue weighted by molar-refractivity contribution is 9.10. The molecule has 0 radical (unpaired) electrons. The quantitative estimate of drug-likeness (QED) is 0.820. The topological polar surface area (TPSA) is 63.4 Å². The van der Waals surface area contributed by atoms with Crippen molar-refractivity contribution in [2.75, 3.05) is 18.8 Å². The number of nitrogen functional groups attached to an aromatic ring is 1. The molecule has 0 bridgehead atoms. The maximum Gasteiger partial charge on any atom is 0.246 e. The number of nitrogens with two attached hydrogens (primary N) is 1. The summed E-state index contributed by atoms with van der Waals surface area (Å²) in [7, 11) is -3.84. The lowest BCUT2D eigenvalue weighted by Crippen LogP contribution is -2.32. The number of halogens is 2. The van der Waals surface area contributed by atoms with Crippen LogP contribution in [0.3, 0.4) is 0 Å². The smallest absolute Gasteiger partial charge is 0.246 e.